The smallest absolute Gasteiger partial charge is 0.404 e. The Morgan fingerprint density at radius 1 is 1.42 bits per heavy atom. The standard InChI is InChI=1S/C8H7ClO2.C8H19N3.2ClH/c9-8(10)11-6-7-4-2-1-3-5-7;1-7(9)5-11-8-3-2-4-10-6-8;;/h1-5H,6H2;7-8,10-11H,2-6,9H2,1H3;2*1H/t;7?,8-;;/m.0../s1. The van der Waals surface area contributed by atoms with Crippen LogP contribution in [0, 0.1) is 0 Å². The highest BCUT2D eigenvalue weighted by Gasteiger charge is 2.11. The second-order valence-corrected chi connectivity index (χ2v) is 5.75. The lowest BCUT2D eigenvalue weighted by atomic mass is 10.1. The molecule has 1 fully saturated rings. The van der Waals surface area contributed by atoms with Gasteiger partial charge in [0.15, 0.2) is 0 Å². The van der Waals surface area contributed by atoms with Gasteiger partial charge in [0.05, 0.1) is 0 Å². The fourth-order valence-corrected chi connectivity index (χ4v) is 2.15. The van der Waals surface area contributed by atoms with Crippen molar-refractivity contribution in [1.29, 1.82) is 0 Å². The molecule has 0 spiro atoms. The molecule has 0 saturated carbocycles. The second-order valence-electron chi connectivity index (χ2n) is 5.44. The van der Waals surface area contributed by atoms with Crippen LogP contribution in [0.25, 0.3) is 0 Å². The molecule has 2 atom stereocenters. The molecule has 4 N–H and O–H groups in total. The van der Waals surface area contributed by atoms with Gasteiger partial charge in [0, 0.05) is 36.8 Å². The van der Waals surface area contributed by atoms with E-state index in [1.165, 1.54) is 19.4 Å². The van der Waals surface area contributed by atoms with E-state index < -0.39 is 5.43 Å². The van der Waals surface area contributed by atoms with E-state index in [9.17, 15) is 4.79 Å². The van der Waals surface area contributed by atoms with Gasteiger partial charge in [0.25, 0.3) is 0 Å². The van der Waals surface area contributed by atoms with Gasteiger partial charge >= 0.3 is 5.43 Å². The first kappa shape index (κ1) is 25.7. The lowest BCUT2D eigenvalue weighted by Crippen LogP contribution is -2.46. The number of hydrogen-bond donors (Lipinski definition) is 3. The molecule has 0 bridgehead atoms. The van der Waals surface area contributed by atoms with Crippen LogP contribution in [0.5, 0.6) is 0 Å². The van der Waals surface area contributed by atoms with Crippen LogP contribution in [-0.4, -0.2) is 37.1 Å². The maximum Gasteiger partial charge on any atom is 0.404 e. The monoisotopic (exact) mass is 399 g/mol. The van der Waals surface area contributed by atoms with Crippen LogP contribution < -0.4 is 16.4 Å². The zero-order valence-electron chi connectivity index (χ0n) is 13.9. The van der Waals surface area contributed by atoms with Crippen molar-refractivity contribution in [2.45, 2.75) is 38.5 Å². The molecule has 140 valence electrons. The topological polar surface area (TPSA) is 76.4 Å². The van der Waals surface area contributed by atoms with E-state index in [-0.39, 0.29) is 37.5 Å². The Hall–Kier alpha value is -0.560. The van der Waals surface area contributed by atoms with Crippen molar-refractivity contribution < 1.29 is 9.53 Å². The highest BCUT2D eigenvalue weighted by Crippen LogP contribution is 2.02. The quantitative estimate of drug-likeness (QED) is 0.662. The van der Waals surface area contributed by atoms with Crippen LogP contribution >= 0.6 is 36.4 Å². The summed E-state index contributed by atoms with van der Waals surface area (Å²) < 4.78 is 4.55. The number of piperidine rings is 1. The fourth-order valence-electron chi connectivity index (χ4n) is 2.09. The summed E-state index contributed by atoms with van der Waals surface area (Å²) in [6.45, 7) is 5.49. The first-order chi connectivity index (χ1) is 10.6. The van der Waals surface area contributed by atoms with Crippen LogP contribution in [0.3, 0.4) is 0 Å². The number of nitrogens with two attached hydrogens (primary N) is 1. The van der Waals surface area contributed by atoms with Crippen LogP contribution in [-0.2, 0) is 11.3 Å². The normalized spacial score (nSPS) is 17.2. The molecule has 1 heterocycles. The average molecular weight is 401 g/mol. The van der Waals surface area contributed by atoms with Gasteiger partial charge in [-0.05, 0) is 31.9 Å². The van der Waals surface area contributed by atoms with Crippen LogP contribution in [0.2, 0.25) is 0 Å². The number of rotatable bonds is 5. The third-order valence-corrected chi connectivity index (χ3v) is 3.33. The van der Waals surface area contributed by atoms with E-state index >= 15 is 0 Å². The van der Waals surface area contributed by atoms with E-state index in [0.717, 1.165) is 18.7 Å². The number of benzene rings is 1. The van der Waals surface area contributed by atoms with E-state index in [4.69, 9.17) is 17.3 Å². The largest absolute Gasteiger partial charge is 0.449 e. The van der Waals surface area contributed by atoms with Crippen molar-refractivity contribution in [1.82, 2.24) is 10.6 Å². The Balaban J connectivity index is 0. The van der Waals surface area contributed by atoms with Crippen LogP contribution in [0.15, 0.2) is 30.3 Å². The molecule has 5 nitrogen and oxygen atoms in total. The van der Waals surface area contributed by atoms with Crippen molar-refractivity contribution in [3.8, 4) is 0 Å². The molecule has 0 radical (unpaired) electrons. The zero-order chi connectivity index (χ0) is 16.2. The van der Waals surface area contributed by atoms with E-state index in [1.807, 2.05) is 37.3 Å². The fraction of sp³-hybridized carbons (Fsp3) is 0.562. The maximum atomic E-state index is 10.2. The molecule has 0 amide bonds. The molecular formula is C16H28Cl3N3O2. The van der Waals surface area contributed by atoms with Crippen molar-refractivity contribution in [2.75, 3.05) is 19.6 Å². The summed E-state index contributed by atoms with van der Waals surface area (Å²) in [5, 5.41) is 6.79. The molecule has 1 saturated heterocycles. The number of nitrogens with one attached hydrogen (secondary N) is 2. The average Bonchev–Trinajstić information content (AvgIpc) is 2.53. The van der Waals surface area contributed by atoms with Gasteiger partial charge in [-0.3, -0.25) is 0 Å². The number of hydrogen-bond acceptors (Lipinski definition) is 5. The molecule has 1 aromatic carbocycles. The van der Waals surface area contributed by atoms with Gasteiger partial charge < -0.3 is 21.1 Å². The number of halogens is 3. The molecule has 8 heteroatoms. The van der Waals surface area contributed by atoms with Gasteiger partial charge in [-0.25, -0.2) is 4.79 Å². The third kappa shape index (κ3) is 13.8. The minimum atomic E-state index is -0.770. The zero-order valence-corrected chi connectivity index (χ0v) is 16.3. The summed E-state index contributed by atoms with van der Waals surface area (Å²) in [5.41, 5.74) is 5.79. The van der Waals surface area contributed by atoms with E-state index in [2.05, 4.69) is 15.4 Å². The predicted molar refractivity (Wildman–Crippen MR) is 105 cm³/mol. The minimum absolute atomic E-state index is 0. The first-order valence-electron chi connectivity index (χ1n) is 7.63. The van der Waals surface area contributed by atoms with Crippen molar-refractivity contribution in [3.05, 3.63) is 35.9 Å². The van der Waals surface area contributed by atoms with Crippen molar-refractivity contribution in [2.24, 2.45) is 5.73 Å². The molecule has 0 aliphatic carbocycles. The van der Waals surface area contributed by atoms with Crippen molar-refractivity contribution >= 4 is 41.8 Å². The Morgan fingerprint density at radius 3 is 2.58 bits per heavy atom. The van der Waals surface area contributed by atoms with E-state index in [1.54, 1.807) is 0 Å². The van der Waals surface area contributed by atoms with Gasteiger partial charge in [-0.15, -0.1) is 24.8 Å². The second kappa shape index (κ2) is 15.9. The Bertz CT molecular complexity index is 416. The summed E-state index contributed by atoms with van der Waals surface area (Å²) in [6, 6.07) is 10.3. The predicted octanol–water partition coefficient (Wildman–Crippen LogP) is 3.08. The van der Waals surface area contributed by atoms with Crippen molar-refractivity contribution in [3.63, 3.8) is 0 Å². The molecule has 2 rings (SSSR count). The summed E-state index contributed by atoms with van der Waals surface area (Å²) in [6.07, 6.45) is 2.58. The molecule has 1 aliphatic rings. The van der Waals surface area contributed by atoms with E-state index in [0.29, 0.717) is 6.04 Å². The SMILES string of the molecule is CC(N)CN[C@H]1CCCNC1.Cl.Cl.O=C(Cl)OCc1ccccc1. The Kier molecular flexibility index (Phi) is 17.1. The van der Waals surface area contributed by atoms with Crippen LogP contribution in [0.1, 0.15) is 25.3 Å². The number of carbonyl (C=O) groups excluding carboxylic acids is 1. The van der Waals surface area contributed by atoms with Gasteiger partial charge in [-0.1, -0.05) is 30.3 Å². The maximum absolute atomic E-state index is 10.2. The first-order valence-corrected chi connectivity index (χ1v) is 8.01. The third-order valence-electron chi connectivity index (χ3n) is 3.22. The van der Waals surface area contributed by atoms with Gasteiger partial charge in [0.2, 0.25) is 0 Å². The highest BCUT2D eigenvalue weighted by molar-refractivity contribution is 6.61. The van der Waals surface area contributed by atoms with Gasteiger partial charge in [-0.2, -0.15) is 0 Å². The molecule has 24 heavy (non-hydrogen) atoms. The molecular weight excluding hydrogens is 373 g/mol. The molecule has 0 aromatic heterocycles. The highest BCUT2D eigenvalue weighted by atomic mass is 35.5. The Morgan fingerprint density at radius 2 is 2.08 bits per heavy atom. The summed E-state index contributed by atoms with van der Waals surface area (Å²) in [5.74, 6) is 0. The van der Waals surface area contributed by atoms with Gasteiger partial charge in [0.1, 0.15) is 6.61 Å². The number of carbonyl (C=O) groups is 1. The Labute approximate surface area is 161 Å². The van der Waals surface area contributed by atoms with Crippen LogP contribution in [0.4, 0.5) is 4.79 Å². The number of ether oxygens (including phenoxy) is 1. The molecule has 1 aromatic rings. The minimum Gasteiger partial charge on any atom is -0.449 e. The summed E-state index contributed by atoms with van der Waals surface area (Å²) >= 11 is 4.97. The molecule has 1 unspecified atom stereocenters. The summed E-state index contributed by atoms with van der Waals surface area (Å²) in [4.78, 5) is 10.2. The summed E-state index contributed by atoms with van der Waals surface area (Å²) in [7, 11) is 0. The lowest BCUT2D eigenvalue weighted by molar-refractivity contribution is 0.167. The lowest BCUT2D eigenvalue weighted by Gasteiger charge is -2.24. The molecule has 1 aliphatic heterocycles.